The van der Waals surface area contributed by atoms with E-state index >= 15 is 0 Å². The summed E-state index contributed by atoms with van der Waals surface area (Å²) in [5.74, 6) is 0. The van der Waals surface area contributed by atoms with Crippen molar-refractivity contribution in [3.05, 3.63) is 42.1 Å². The minimum Gasteiger partial charge on any atom is -0.452 e. The molecular weight excluding hydrogens is 419 g/mol. The zero-order chi connectivity index (χ0) is 11.8. The number of aryl methyl sites for hydroxylation is 1. The Morgan fingerprint density at radius 3 is 2.29 bits per heavy atom. The molecule has 2 rings (SSSR count). The van der Waals surface area contributed by atoms with Gasteiger partial charge in [0.15, 0.2) is 0 Å². The number of nitrogens with one attached hydrogen (secondary N) is 1. The first-order valence-corrected chi connectivity index (χ1v) is 6.79. The molecule has 96 valence electrons. The van der Waals surface area contributed by atoms with Crippen molar-refractivity contribution in [3.63, 3.8) is 0 Å². The van der Waals surface area contributed by atoms with Crippen LogP contribution in [0.5, 0.6) is 0 Å². The van der Waals surface area contributed by atoms with Gasteiger partial charge < -0.3 is 6.58 Å². The predicted octanol–water partition coefficient (Wildman–Crippen LogP) is 0.677. The minimum atomic E-state index is -3.35. The molecule has 3 nitrogen and oxygen atoms in total. The molecule has 1 saturated heterocycles. The topological polar surface area (TPSA) is 38.6 Å². The maximum atomic E-state index is 12.2. The molecule has 0 aliphatic carbocycles. The Kier molecular flexibility index (Phi) is 4.75. The number of quaternary nitrogens is 1. The van der Waals surface area contributed by atoms with Gasteiger partial charge in [-0.3, -0.25) is 0 Å². The molecule has 0 aromatic heterocycles. The number of hydrogen-bond acceptors (Lipinski definition) is 2. The molecule has 1 unspecified atom stereocenters. The molecule has 1 aromatic carbocycles. The normalized spacial score (nSPS) is 20.1. The van der Waals surface area contributed by atoms with Crippen molar-refractivity contribution in [2.45, 2.75) is 24.7 Å². The molecule has 5 heteroatoms. The molecule has 1 atom stereocenters. The van der Waals surface area contributed by atoms with E-state index in [9.17, 15) is 8.42 Å². The molecule has 0 bridgehead atoms. The van der Waals surface area contributed by atoms with Gasteiger partial charge in [0, 0.05) is 6.42 Å². The maximum Gasteiger partial charge on any atom is 1.00 e. The summed E-state index contributed by atoms with van der Waals surface area (Å²) in [4.78, 5) is 0.345. The number of rotatable bonds is 2. The fourth-order valence-electron chi connectivity index (χ4n) is 1.91. The third kappa shape index (κ3) is 2.89. The average molecular weight is 434 g/mol. The van der Waals surface area contributed by atoms with E-state index in [1.807, 2.05) is 6.92 Å². The van der Waals surface area contributed by atoms with Gasteiger partial charge in [-0.2, -0.15) is 8.42 Å². The third-order valence-electron chi connectivity index (χ3n) is 2.86. The number of benzene rings is 1. The fraction of sp³-hybridized carbons (Fsp3) is 0.333. The zero-order valence-electron chi connectivity index (χ0n) is 9.53. The van der Waals surface area contributed by atoms with Gasteiger partial charge in [-0.15, -0.1) is 0 Å². The quantitative estimate of drug-likeness (QED) is 0.550. The van der Waals surface area contributed by atoms with Crippen LogP contribution in [-0.2, 0) is 32.4 Å². The van der Waals surface area contributed by atoms with Crippen molar-refractivity contribution in [1.82, 2.24) is 0 Å². The number of allylic oxidation sites excluding steroid dienone is 1. The van der Waals surface area contributed by atoms with Gasteiger partial charge in [-0.05, 0) is 25.5 Å². The summed E-state index contributed by atoms with van der Waals surface area (Å²) in [7, 11) is -3.35. The van der Waals surface area contributed by atoms with E-state index in [0.717, 1.165) is 12.0 Å². The number of sulfonamides is 1. The monoisotopic (exact) mass is 434 g/mol. The van der Waals surface area contributed by atoms with Gasteiger partial charge in [-0.25, -0.2) is 4.31 Å². The molecule has 1 fully saturated rings. The van der Waals surface area contributed by atoms with Gasteiger partial charge in [0.2, 0.25) is 0 Å². The van der Waals surface area contributed by atoms with Crippen molar-refractivity contribution in [2.24, 2.45) is 0 Å². The van der Waals surface area contributed by atoms with Crippen LogP contribution < -0.4 is 4.31 Å². The SMILES string of the molecule is [Au+].[CH-]=C1CCC[NH+]1S(=O)(=O)c1ccc(C)cc1. The average Bonchev–Trinajstić information content (AvgIpc) is 2.66. The van der Waals surface area contributed by atoms with Crippen LogP contribution in [-0.4, -0.2) is 15.0 Å². The summed E-state index contributed by atoms with van der Waals surface area (Å²) in [6, 6.07) is 6.89. The van der Waals surface area contributed by atoms with Crippen LogP contribution in [0, 0.1) is 13.5 Å². The van der Waals surface area contributed by atoms with Crippen LogP contribution in [0.25, 0.3) is 0 Å². The molecule has 0 spiro atoms. The summed E-state index contributed by atoms with van der Waals surface area (Å²) in [6.07, 6.45) is 1.53. The second kappa shape index (κ2) is 5.50. The first-order valence-electron chi connectivity index (χ1n) is 5.31. The van der Waals surface area contributed by atoms with E-state index in [0.29, 0.717) is 27.9 Å². The van der Waals surface area contributed by atoms with Gasteiger partial charge >= 0.3 is 32.4 Å². The largest absolute Gasteiger partial charge is 1.00 e. The summed E-state index contributed by atoms with van der Waals surface area (Å²) in [5.41, 5.74) is 1.58. The van der Waals surface area contributed by atoms with Crippen LogP contribution in [0.3, 0.4) is 0 Å². The van der Waals surface area contributed by atoms with Crippen molar-refractivity contribution in [2.75, 3.05) is 6.54 Å². The van der Waals surface area contributed by atoms with Gasteiger partial charge in [-0.1, -0.05) is 23.4 Å². The summed E-state index contributed by atoms with van der Waals surface area (Å²) in [5, 5.41) is 0. The Morgan fingerprint density at radius 1 is 1.24 bits per heavy atom. The fourth-order valence-corrected chi connectivity index (χ4v) is 3.55. The van der Waals surface area contributed by atoms with Crippen molar-refractivity contribution >= 4 is 10.0 Å². The van der Waals surface area contributed by atoms with Gasteiger partial charge in [0.1, 0.15) is 4.90 Å². The summed E-state index contributed by atoms with van der Waals surface area (Å²) < 4.78 is 24.8. The zero-order valence-corrected chi connectivity index (χ0v) is 12.5. The van der Waals surface area contributed by atoms with E-state index in [2.05, 4.69) is 0 Å². The smallest absolute Gasteiger partial charge is 0.452 e. The van der Waals surface area contributed by atoms with Crippen molar-refractivity contribution in [3.8, 4) is 0 Å². The standard InChI is InChI=1S/C12H14NO2S.Au/c1-10-5-7-12(8-6-10)16(14,15)13-9-3-4-11(13)2;/h2,5-8H,3-4,9H2,1H3;/q-1;+1/p+1. The number of hydrogen-bond donors (Lipinski definition) is 1. The first-order chi connectivity index (χ1) is 7.51. The van der Waals surface area contributed by atoms with Crippen LogP contribution in [0.2, 0.25) is 0 Å². The van der Waals surface area contributed by atoms with Crippen LogP contribution in [0.4, 0.5) is 0 Å². The Hall–Kier alpha value is -0.390. The second-order valence-electron chi connectivity index (χ2n) is 4.12. The molecule has 0 radical (unpaired) electrons. The second-order valence-corrected chi connectivity index (χ2v) is 6.09. The molecule has 0 amide bonds. The molecule has 1 aromatic rings. The molecule has 1 N–H and O–H groups in total. The van der Waals surface area contributed by atoms with Crippen LogP contribution >= 0.6 is 0 Å². The summed E-state index contributed by atoms with van der Waals surface area (Å²) in [6.45, 7) is 8.23. The van der Waals surface area contributed by atoms with Crippen molar-refractivity contribution in [1.29, 1.82) is 0 Å². The first kappa shape index (κ1) is 14.7. The van der Waals surface area contributed by atoms with Crippen LogP contribution in [0.1, 0.15) is 18.4 Å². The summed E-state index contributed by atoms with van der Waals surface area (Å²) >= 11 is 0. The Balaban J connectivity index is 0.00000144. The molecule has 1 aliphatic rings. The molecule has 1 heterocycles. The Morgan fingerprint density at radius 2 is 1.82 bits per heavy atom. The van der Waals surface area contributed by atoms with Crippen molar-refractivity contribution < 1.29 is 35.1 Å². The van der Waals surface area contributed by atoms with Crippen LogP contribution in [0.15, 0.2) is 34.9 Å². The Labute approximate surface area is 118 Å². The van der Waals surface area contributed by atoms with E-state index in [4.69, 9.17) is 6.58 Å². The van der Waals surface area contributed by atoms with E-state index < -0.39 is 10.0 Å². The molecule has 17 heavy (non-hydrogen) atoms. The molecule has 1 aliphatic heterocycles. The third-order valence-corrected chi connectivity index (χ3v) is 4.87. The Bertz CT molecular complexity index is 508. The minimum absolute atomic E-state index is 0. The van der Waals surface area contributed by atoms with E-state index in [1.165, 1.54) is 0 Å². The van der Waals surface area contributed by atoms with E-state index in [1.54, 1.807) is 24.3 Å². The van der Waals surface area contributed by atoms with E-state index in [-0.39, 0.29) is 22.4 Å². The molecular formula is C12H15AuNO2S+. The van der Waals surface area contributed by atoms with Gasteiger partial charge in [0.25, 0.3) is 0 Å². The molecule has 0 saturated carbocycles. The maximum absolute atomic E-state index is 12.2. The van der Waals surface area contributed by atoms with Gasteiger partial charge in [0.05, 0.1) is 6.54 Å². The predicted molar refractivity (Wildman–Crippen MR) is 61.2 cm³/mol.